The molecule has 0 aliphatic carbocycles. The first-order valence-corrected chi connectivity index (χ1v) is 7.48. The molecular weight excluding hydrogens is 271 g/mol. The first kappa shape index (κ1) is 13.7. The third-order valence-corrected chi connectivity index (χ3v) is 4.89. The standard InChI is InChI=1S/C14H17BN2O2S/c1-13(2)14(3,4)19-15(18-13)12-11(20-9-17-12)10-6-5-7-16-8-10/h5-9H,1-4H3. The lowest BCUT2D eigenvalue weighted by Crippen LogP contribution is -2.41. The summed E-state index contributed by atoms with van der Waals surface area (Å²) in [6.07, 6.45) is 3.60. The number of hydrogen-bond donors (Lipinski definition) is 0. The van der Waals surface area contributed by atoms with Gasteiger partial charge in [0.15, 0.2) is 0 Å². The highest BCUT2D eigenvalue weighted by Crippen LogP contribution is 2.37. The maximum atomic E-state index is 6.07. The summed E-state index contributed by atoms with van der Waals surface area (Å²) in [5.74, 6) is 0. The van der Waals surface area contributed by atoms with Crippen molar-refractivity contribution in [3.8, 4) is 10.4 Å². The lowest BCUT2D eigenvalue weighted by molar-refractivity contribution is 0.00578. The zero-order valence-electron chi connectivity index (χ0n) is 12.1. The van der Waals surface area contributed by atoms with Crippen LogP contribution in [0.25, 0.3) is 10.4 Å². The average Bonchev–Trinajstić information content (AvgIpc) is 2.94. The largest absolute Gasteiger partial charge is 0.516 e. The molecular formula is C14H17BN2O2S. The van der Waals surface area contributed by atoms with Gasteiger partial charge in [0.2, 0.25) is 0 Å². The normalized spacial score (nSPS) is 20.3. The minimum atomic E-state index is -0.429. The SMILES string of the molecule is CC1(C)OB(c2ncsc2-c2cccnc2)OC1(C)C. The topological polar surface area (TPSA) is 44.2 Å². The Morgan fingerprint density at radius 1 is 1.15 bits per heavy atom. The highest BCUT2D eigenvalue weighted by molar-refractivity contribution is 7.14. The van der Waals surface area contributed by atoms with Crippen LogP contribution in [0, 0.1) is 0 Å². The van der Waals surface area contributed by atoms with Crippen LogP contribution in [0.5, 0.6) is 0 Å². The number of pyridine rings is 1. The Labute approximate surface area is 123 Å². The smallest absolute Gasteiger partial charge is 0.398 e. The van der Waals surface area contributed by atoms with Gasteiger partial charge in [-0.05, 0) is 33.8 Å². The number of hydrogen-bond acceptors (Lipinski definition) is 5. The molecule has 0 saturated carbocycles. The number of thiazole rings is 1. The molecule has 0 aromatic carbocycles. The van der Waals surface area contributed by atoms with Gasteiger partial charge >= 0.3 is 7.12 Å². The van der Waals surface area contributed by atoms with Gasteiger partial charge in [-0.2, -0.15) is 0 Å². The third kappa shape index (κ3) is 2.18. The number of aromatic nitrogens is 2. The molecule has 3 heterocycles. The Morgan fingerprint density at radius 3 is 2.45 bits per heavy atom. The molecule has 6 heteroatoms. The molecule has 0 bridgehead atoms. The van der Waals surface area contributed by atoms with Gasteiger partial charge < -0.3 is 9.31 Å². The van der Waals surface area contributed by atoms with Crippen LogP contribution in [0.3, 0.4) is 0 Å². The molecule has 2 aromatic heterocycles. The first-order chi connectivity index (χ1) is 9.41. The molecule has 0 amide bonds. The molecule has 1 saturated heterocycles. The molecule has 0 N–H and O–H groups in total. The second-order valence-electron chi connectivity index (χ2n) is 5.90. The van der Waals surface area contributed by atoms with Crippen LogP contribution in [-0.2, 0) is 9.31 Å². The van der Waals surface area contributed by atoms with Crippen LogP contribution in [-0.4, -0.2) is 28.3 Å². The zero-order valence-corrected chi connectivity index (χ0v) is 12.9. The van der Waals surface area contributed by atoms with Crippen molar-refractivity contribution in [2.45, 2.75) is 38.9 Å². The Bertz CT molecular complexity index is 597. The molecule has 1 aliphatic rings. The highest BCUT2D eigenvalue weighted by atomic mass is 32.1. The van der Waals surface area contributed by atoms with Gasteiger partial charge in [0, 0.05) is 18.0 Å². The van der Waals surface area contributed by atoms with Gasteiger partial charge in [0.1, 0.15) is 0 Å². The average molecular weight is 288 g/mol. The predicted molar refractivity (Wildman–Crippen MR) is 81.1 cm³/mol. The van der Waals surface area contributed by atoms with Crippen LogP contribution in [0.2, 0.25) is 0 Å². The number of rotatable bonds is 2. The summed E-state index contributed by atoms with van der Waals surface area (Å²) in [5, 5.41) is 0. The van der Waals surface area contributed by atoms with E-state index >= 15 is 0 Å². The minimum absolute atomic E-state index is 0.354. The van der Waals surface area contributed by atoms with Crippen LogP contribution in [0.15, 0.2) is 30.0 Å². The van der Waals surface area contributed by atoms with E-state index in [1.54, 1.807) is 17.5 Å². The lowest BCUT2D eigenvalue weighted by Gasteiger charge is -2.32. The molecule has 2 aromatic rings. The summed E-state index contributed by atoms with van der Waals surface area (Å²) >= 11 is 1.58. The molecule has 1 aliphatic heterocycles. The van der Waals surface area contributed by atoms with Crippen molar-refractivity contribution in [3.63, 3.8) is 0 Å². The van der Waals surface area contributed by atoms with E-state index < -0.39 is 7.12 Å². The second-order valence-corrected chi connectivity index (χ2v) is 6.75. The molecule has 104 valence electrons. The Morgan fingerprint density at radius 2 is 1.85 bits per heavy atom. The van der Waals surface area contributed by atoms with Crippen LogP contribution in [0.1, 0.15) is 27.7 Å². The molecule has 0 unspecified atom stereocenters. The van der Waals surface area contributed by atoms with Gasteiger partial charge in [-0.15, -0.1) is 11.3 Å². The fourth-order valence-electron chi connectivity index (χ4n) is 2.09. The van der Waals surface area contributed by atoms with Crippen LogP contribution < -0.4 is 5.59 Å². The zero-order chi connectivity index (χ0) is 14.4. The predicted octanol–water partition coefficient (Wildman–Crippen LogP) is 2.50. The van der Waals surface area contributed by atoms with Crippen LogP contribution >= 0.6 is 11.3 Å². The first-order valence-electron chi connectivity index (χ1n) is 6.60. The van der Waals surface area contributed by atoms with Gasteiger partial charge in [-0.3, -0.25) is 9.97 Å². The van der Waals surface area contributed by atoms with E-state index in [1.807, 2.05) is 51.5 Å². The van der Waals surface area contributed by atoms with E-state index in [2.05, 4.69) is 9.97 Å². The summed E-state index contributed by atoms with van der Waals surface area (Å²) < 4.78 is 12.1. The minimum Gasteiger partial charge on any atom is -0.398 e. The van der Waals surface area contributed by atoms with E-state index in [0.717, 1.165) is 16.0 Å². The summed E-state index contributed by atoms with van der Waals surface area (Å²) in [7, 11) is -0.429. The van der Waals surface area contributed by atoms with Crippen molar-refractivity contribution in [2.75, 3.05) is 0 Å². The summed E-state index contributed by atoms with van der Waals surface area (Å²) in [4.78, 5) is 9.66. The quantitative estimate of drug-likeness (QED) is 0.796. The molecule has 0 spiro atoms. The third-order valence-electron chi connectivity index (χ3n) is 4.00. The van der Waals surface area contributed by atoms with Gasteiger partial charge in [0.05, 0.1) is 27.2 Å². The maximum Gasteiger partial charge on any atom is 0.516 e. The Kier molecular flexibility index (Phi) is 3.19. The van der Waals surface area contributed by atoms with E-state index in [1.165, 1.54) is 0 Å². The van der Waals surface area contributed by atoms with Crippen molar-refractivity contribution in [1.29, 1.82) is 0 Å². The van der Waals surface area contributed by atoms with E-state index in [0.29, 0.717) is 0 Å². The highest BCUT2D eigenvalue weighted by Gasteiger charge is 2.53. The fraction of sp³-hybridized carbons (Fsp3) is 0.429. The molecule has 1 fully saturated rings. The number of nitrogens with zero attached hydrogens (tertiary/aromatic N) is 2. The van der Waals surface area contributed by atoms with Crippen molar-refractivity contribution >= 4 is 24.0 Å². The molecule has 0 atom stereocenters. The molecule has 20 heavy (non-hydrogen) atoms. The van der Waals surface area contributed by atoms with Crippen LogP contribution in [0.4, 0.5) is 0 Å². The van der Waals surface area contributed by atoms with E-state index in [9.17, 15) is 0 Å². The van der Waals surface area contributed by atoms with Gasteiger partial charge in [-0.1, -0.05) is 6.07 Å². The summed E-state index contributed by atoms with van der Waals surface area (Å²) in [6.45, 7) is 8.18. The Balaban J connectivity index is 1.96. The van der Waals surface area contributed by atoms with Crippen molar-refractivity contribution in [2.24, 2.45) is 0 Å². The van der Waals surface area contributed by atoms with Gasteiger partial charge in [-0.25, -0.2) is 0 Å². The maximum absolute atomic E-state index is 6.07. The lowest BCUT2D eigenvalue weighted by atomic mass is 9.83. The van der Waals surface area contributed by atoms with E-state index in [4.69, 9.17) is 9.31 Å². The summed E-state index contributed by atoms with van der Waals surface area (Å²) in [5.41, 5.74) is 2.99. The molecule has 3 rings (SSSR count). The second kappa shape index (κ2) is 4.65. The van der Waals surface area contributed by atoms with Crippen molar-refractivity contribution < 1.29 is 9.31 Å². The molecule has 0 radical (unpaired) electrons. The Hall–Kier alpha value is -1.24. The van der Waals surface area contributed by atoms with E-state index in [-0.39, 0.29) is 11.2 Å². The fourth-order valence-corrected chi connectivity index (χ4v) is 2.89. The van der Waals surface area contributed by atoms with Crippen molar-refractivity contribution in [1.82, 2.24) is 9.97 Å². The summed E-state index contributed by atoms with van der Waals surface area (Å²) in [6, 6.07) is 3.94. The van der Waals surface area contributed by atoms with Gasteiger partial charge in [0.25, 0.3) is 0 Å². The molecule has 4 nitrogen and oxygen atoms in total. The van der Waals surface area contributed by atoms with Crippen molar-refractivity contribution in [3.05, 3.63) is 30.0 Å². The monoisotopic (exact) mass is 288 g/mol.